The molecule has 2 aliphatic rings. The number of alkyl carbamates (subject to hydrolysis) is 1. The Bertz CT molecular complexity index is 1060. The summed E-state index contributed by atoms with van der Waals surface area (Å²) in [4.78, 5) is 37.0. The number of hydrogen-bond acceptors (Lipinski definition) is 5. The van der Waals surface area contributed by atoms with E-state index in [-0.39, 0.29) is 19.1 Å². The Kier molecular flexibility index (Phi) is 6.36. The van der Waals surface area contributed by atoms with Gasteiger partial charge in [-0.3, -0.25) is 4.79 Å². The highest BCUT2D eigenvalue weighted by Gasteiger charge is 2.52. The summed E-state index contributed by atoms with van der Waals surface area (Å²) in [6, 6.07) is 14.9. The normalized spacial score (nSPS) is 16.7. The summed E-state index contributed by atoms with van der Waals surface area (Å²) in [6.07, 6.45) is -0.0581. The van der Waals surface area contributed by atoms with Gasteiger partial charge in [-0.2, -0.15) is 0 Å². The molecule has 1 atom stereocenters. The number of carbonyl (C=O) groups is 3. The predicted molar refractivity (Wildman–Crippen MR) is 125 cm³/mol. The van der Waals surface area contributed by atoms with Gasteiger partial charge in [0.25, 0.3) is 0 Å². The van der Waals surface area contributed by atoms with E-state index in [4.69, 9.17) is 9.47 Å². The van der Waals surface area contributed by atoms with Crippen LogP contribution in [0.4, 0.5) is 4.79 Å². The smallest absolute Gasteiger partial charge is 0.407 e. The largest absolute Gasteiger partial charge is 0.480 e. The Balaban J connectivity index is 1.42. The van der Waals surface area contributed by atoms with Crippen molar-refractivity contribution in [3.63, 3.8) is 0 Å². The highest BCUT2D eigenvalue weighted by molar-refractivity contribution is 5.93. The number of benzene rings is 2. The molecule has 2 amide bonds. The number of nitrogens with one attached hydrogen (secondary N) is 2. The molecule has 2 aliphatic carbocycles. The Morgan fingerprint density at radius 1 is 1.03 bits per heavy atom. The highest BCUT2D eigenvalue weighted by Crippen LogP contribution is 2.44. The Morgan fingerprint density at radius 3 is 2.09 bits per heavy atom. The number of ether oxygens (including phenoxy) is 2. The Labute approximate surface area is 198 Å². The quantitative estimate of drug-likeness (QED) is 0.549. The summed E-state index contributed by atoms with van der Waals surface area (Å²) in [5, 5.41) is 14.5. The standard InChI is InChI=1S/C26H30N2O6/c1-25(2,3)34-15-21(22(29)28-26(12-13-26)23(30)31)27-24(32)33-14-20-18-10-6-4-8-16(18)17-9-5-7-11-19(17)20/h4-11,20-21H,12-15H2,1-3H3,(H,27,32)(H,28,29)(H,30,31)/t21-/m0/s1. The van der Waals surface area contributed by atoms with Gasteiger partial charge in [0.1, 0.15) is 18.2 Å². The lowest BCUT2D eigenvalue weighted by atomic mass is 9.98. The van der Waals surface area contributed by atoms with E-state index in [1.165, 1.54) is 0 Å². The maximum Gasteiger partial charge on any atom is 0.407 e. The van der Waals surface area contributed by atoms with Crippen LogP contribution in [0.2, 0.25) is 0 Å². The van der Waals surface area contributed by atoms with Crippen molar-refractivity contribution in [1.82, 2.24) is 10.6 Å². The van der Waals surface area contributed by atoms with Crippen molar-refractivity contribution in [2.24, 2.45) is 0 Å². The maximum atomic E-state index is 12.8. The van der Waals surface area contributed by atoms with Gasteiger partial charge >= 0.3 is 12.1 Å². The second kappa shape index (κ2) is 9.10. The summed E-state index contributed by atoms with van der Waals surface area (Å²) in [5.41, 5.74) is 2.58. The summed E-state index contributed by atoms with van der Waals surface area (Å²) >= 11 is 0. The first-order valence-corrected chi connectivity index (χ1v) is 11.4. The third kappa shape index (κ3) is 5.07. The van der Waals surface area contributed by atoms with Crippen molar-refractivity contribution in [3.05, 3.63) is 59.7 Å². The van der Waals surface area contributed by atoms with Crippen molar-refractivity contribution in [1.29, 1.82) is 0 Å². The van der Waals surface area contributed by atoms with E-state index in [0.717, 1.165) is 22.3 Å². The van der Waals surface area contributed by atoms with Gasteiger partial charge in [0.2, 0.25) is 5.91 Å². The van der Waals surface area contributed by atoms with Crippen LogP contribution in [0.25, 0.3) is 11.1 Å². The highest BCUT2D eigenvalue weighted by atomic mass is 16.5. The van der Waals surface area contributed by atoms with Crippen LogP contribution in [0.15, 0.2) is 48.5 Å². The zero-order chi connectivity index (χ0) is 24.5. The van der Waals surface area contributed by atoms with Crippen LogP contribution in [0.3, 0.4) is 0 Å². The van der Waals surface area contributed by atoms with Crippen molar-refractivity contribution < 1.29 is 29.0 Å². The molecule has 0 radical (unpaired) electrons. The van der Waals surface area contributed by atoms with Gasteiger partial charge in [-0.15, -0.1) is 0 Å². The number of amides is 2. The van der Waals surface area contributed by atoms with Crippen molar-refractivity contribution in [2.75, 3.05) is 13.2 Å². The van der Waals surface area contributed by atoms with Crippen molar-refractivity contribution >= 4 is 18.0 Å². The van der Waals surface area contributed by atoms with Crippen LogP contribution in [-0.2, 0) is 19.1 Å². The predicted octanol–water partition coefficient (Wildman–Crippen LogP) is 3.44. The molecule has 0 saturated heterocycles. The average molecular weight is 467 g/mol. The van der Waals surface area contributed by atoms with E-state index < -0.39 is 35.2 Å². The zero-order valence-corrected chi connectivity index (χ0v) is 19.6. The van der Waals surface area contributed by atoms with Gasteiger partial charge < -0.3 is 25.2 Å². The summed E-state index contributed by atoms with van der Waals surface area (Å²) in [7, 11) is 0. The second-order valence-electron chi connectivity index (χ2n) is 9.82. The number of carboxylic acids is 1. The molecular formula is C26H30N2O6. The number of hydrogen-bond donors (Lipinski definition) is 3. The fraction of sp³-hybridized carbons (Fsp3) is 0.423. The minimum atomic E-state index is -1.26. The van der Waals surface area contributed by atoms with Gasteiger partial charge in [-0.05, 0) is 55.9 Å². The average Bonchev–Trinajstić information content (AvgIpc) is 3.50. The molecule has 0 bridgehead atoms. The first-order valence-electron chi connectivity index (χ1n) is 11.4. The maximum absolute atomic E-state index is 12.8. The number of fused-ring (bicyclic) bond motifs is 3. The van der Waals surface area contributed by atoms with Crippen LogP contribution in [0.1, 0.15) is 50.7 Å². The first kappa shape index (κ1) is 23.8. The number of rotatable bonds is 8. The summed E-state index contributed by atoms with van der Waals surface area (Å²) < 4.78 is 11.2. The van der Waals surface area contributed by atoms with E-state index in [0.29, 0.717) is 12.8 Å². The van der Waals surface area contributed by atoms with Crippen LogP contribution < -0.4 is 10.6 Å². The number of aliphatic carboxylic acids is 1. The molecule has 34 heavy (non-hydrogen) atoms. The molecule has 0 heterocycles. The molecule has 4 rings (SSSR count). The topological polar surface area (TPSA) is 114 Å². The second-order valence-corrected chi connectivity index (χ2v) is 9.82. The van der Waals surface area contributed by atoms with Crippen molar-refractivity contribution in [2.45, 2.75) is 56.7 Å². The van der Waals surface area contributed by atoms with Crippen LogP contribution in [0, 0.1) is 0 Å². The Hall–Kier alpha value is -3.39. The molecule has 0 aromatic heterocycles. The Morgan fingerprint density at radius 2 is 1.59 bits per heavy atom. The third-order valence-electron chi connectivity index (χ3n) is 6.16. The molecule has 8 heteroatoms. The van der Waals surface area contributed by atoms with Gasteiger partial charge in [0.05, 0.1) is 12.2 Å². The number of carboxylic acid groups (broad SMARTS) is 1. The minimum Gasteiger partial charge on any atom is -0.480 e. The molecule has 2 aromatic carbocycles. The third-order valence-corrected chi connectivity index (χ3v) is 6.16. The van der Waals surface area contributed by atoms with Crippen LogP contribution >= 0.6 is 0 Å². The summed E-state index contributed by atoms with van der Waals surface area (Å²) in [6.45, 7) is 5.47. The van der Waals surface area contributed by atoms with E-state index in [1.54, 1.807) is 0 Å². The van der Waals surface area contributed by atoms with Gasteiger partial charge in [0, 0.05) is 5.92 Å². The molecular weight excluding hydrogens is 436 g/mol. The SMILES string of the molecule is CC(C)(C)OC[C@H](NC(=O)OCC1c2ccccc2-c2ccccc21)C(=O)NC1(C(=O)O)CC1. The summed E-state index contributed by atoms with van der Waals surface area (Å²) in [5.74, 6) is -1.81. The van der Waals surface area contributed by atoms with Gasteiger partial charge in [0.15, 0.2) is 0 Å². The number of carbonyl (C=O) groups excluding carboxylic acids is 2. The fourth-order valence-electron chi connectivity index (χ4n) is 4.14. The van der Waals surface area contributed by atoms with Gasteiger partial charge in [-0.1, -0.05) is 48.5 Å². The molecule has 0 spiro atoms. The zero-order valence-electron chi connectivity index (χ0n) is 19.6. The van der Waals surface area contributed by atoms with E-state index >= 15 is 0 Å². The molecule has 180 valence electrons. The lowest BCUT2D eigenvalue weighted by Gasteiger charge is -2.26. The lowest BCUT2D eigenvalue weighted by Crippen LogP contribution is -2.55. The lowest BCUT2D eigenvalue weighted by molar-refractivity contribution is -0.144. The monoisotopic (exact) mass is 466 g/mol. The minimum absolute atomic E-state index is 0.105. The first-order chi connectivity index (χ1) is 16.1. The molecule has 1 saturated carbocycles. The molecule has 3 N–H and O–H groups in total. The van der Waals surface area contributed by atoms with Gasteiger partial charge in [-0.25, -0.2) is 9.59 Å². The molecule has 8 nitrogen and oxygen atoms in total. The molecule has 0 aliphatic heterocycles. The van der Waals surface area contributed by atoms with Crippen LogP contribution in [0.5, 0.6) is 0 Å². The molecule has 2 aromatic rings. The van der Waals surface area contributed by atoms with E-state index in [9.17, 15) is 19.5 Å². The van der Waals surface area contributed by atoms with Crippen molar-refractivity contribution in [3.8, 4) is 11.1 Å². The fourth-order valence-corrected chi connectivity index (χ4v) is 4.14. The molecule has 0 unspecified atom stereocenters. The van der Waals surface area contributed by atoms with E-state index in [2.05, 4.69) is 22.8 Å². The van der Waals surface area contributed by atoms with E-state index in [1.807, 2.05) is 57.2 Å². The molecule has 1 fully saturated rings. The van der Waals surface area contributed by atoms with Crippen LogP contribution in [-0.4, -0.2) is 53.5 Å².